The van der Waals surface area contributed by atoms with Crippen molar-refractivity contribution in [3.63, 3.8) is 0 Å². The first-order chi connectivity index (χ1) is 7.65. The van der Waals surface area contributed by atoms with Crippen LogP contribution in [-0.4, -0.2) is 34.2 Å². The summed E-state index contributed by atoms with van der Waals surface area (Å²) in [6.07, 6.45) is 2.69. The molecule has 0 amide bonds. The molecule has 0 aliphatic carbocycles. The van der Waals surface area contributed by atoms with Gasteiger partial charge in [0.15, 0.2) is 0 Å². The van der Waals surface area contributed by atoms with Crippen LogP contribution in [0.25, 0.3) is 0 Å². The van der Waals surface area contributed by atoms with Gasteiger partial charge in [-0.05, 0) is 46.9 Å². The number of aliphatic hydroxyl groups excluding tert-OH is 1. The molecule has 2 rings (SSSR count). The molecule has 0 radical (unpaired) electrons. The molecule has 16 heavy (non-hydrogen) atoms. The van der Waals surface area contributed by atoms with Crippen molar-refractivity contribution < 1.29 is 5.11 Å². The van der Waals surface area contributed by atoms with E-state index in [1.54, 1.807) is 0 Å². The van der Waals surface area contributed by atoms with E-state index in [2.05, 4.69) is 32.7 Å². The second kappa shape index (κ2) is 5.25. The fraction of sp³-hybridized carbons (Fsp3) is 0.583. The summed E-state index contributed by atoms with van der Waals surface area (Å²) in [5.74, 6) is 0.425. The summed E-state index contributed by atoms with van der Waals surface area (Å²) in [7, 11) is 0. The summed E-state index contributed by atoms with van der Waals surface area (Å²) in [5.41, 5.74) is 1.06. The predicted molar refractivity (Wildman–Crippen MR) is 67.0 cm³/mol. The minimum absolute atomic E-state index is 0.191. The summed E-state index contributed by atoms with van der Waals surface area (Å²) in [6, 6.07) is 4.03. The van der Waals surface area contributed by atoms with Crippen molar-refractivity contribution in [3.8, 4) is 0 Å². The highest BCUT2D eigenvalue weighted by atomic mass is 79.9. The van der Waals surface area contributed by atoms with Crippen LogP contribution in [-0.2, 0) is 6.54 Å². The van der Waals surface area contributed by atoms with Crippen LogP contribution in [0.15, 0.2) is 22.8 Å². The first-order valence-corrected chi connectivity index (χ1v) is 6.45. The molecule has 1 aliphatic heterocycles. The number of β-amino-alcohol motifs (C(OH)–C–C–N with tert-alkyl or cyclic N) is 1. The monoisotopic (exact) mass is 284 g/mol. The quantitative estimate of drug-likeness (QED) is 0.903. The maximum atomic E-state index is 9.80. The average Bonchev–Trinajstić information content (AvgIpc) is 2.27. The Kier molecular flexibility index (Phi) is 3.95. The van der Waals surface area contributed by atoms with Crippen molar-refractivity contribution in [1.82, 2.24) is 9.88 Å². The van der Waals surface area contributed by atoms with E-state index < -0.39 is 0 Å². The second-order valence-corrected chi connectivity index (χ2v) is 5.45. The Morgan fingerprint density at radius 1 is 1.56 bits per heavy atom. The van der Waals surface area contributed by atoms with Gasteiger partial charge in [0.1, 0.15) is 0 Å². The summed E-state index contributed by atoms with van der Waals surface area (Å²) in [6.45, 7) is 4.76. The Hall–Kier alpha value is -0.450. The van der Waals surface area contributed by atoms with Crippen molar-refractivity contribution in [2.75, 3.05) is 13.1 Å². The number of rotatable bonds is 2. The zero-order chi connectivity index (χ0) is 11.5. The Morgan fingerprint density at radius 3 is 3.00 bits per heavy atom. The molecule has 1 fully saturated rings. The predicted octanol–water partition coefficient (Wildman–Crippen LogP) is 2.05. The molecule has 0 spiro atoms. The van der Waals surface area contributed by atoms with E-state index in [-0.39, 0.29) is 6.10 Å². The van der Waals surface area contributed by atoms with Gasteiger partial charge in [0.05, 0.1) is 11.8 Å². The van der Waals surface area contributed by atoms with Crippen molar-refractivity contribution in [1.29, 1.82) is 0 Å². The molecule has 1 saturated heterocycles. The summed E-state index contributed by atoms with van der Waals surface area (Å²) in [4.78, 5) is 6.61. The van der Waals surface area contributed by atoms with Gasteiger partial charge in [-0.1, -0.05) is 6.92 Å². The maximum absolute atomic E-state index is 9.80. The molecule has 3 nitrogen and oxygen atoms in total. The fourth-order valence-electron chi connectivity index (χ4n) is 1.99. The van der Waals surface area contributed by atoms with Crippen molar-refractivity contribution >= 4 is 15.9 Å². The van der Waals surface area contributed by atoms with Crippen molar-refractivity contribution in [2.24, 2.45) is 5.92 Å². The smallest absolute Gasteiger partial charge is 0.0693 e. The second-order valence-electron chi connectivity index (χ2n) is 4.54. The number of likely N-dealkylation sites (tertiary alicyclic amines) is 1. The molecule has 4 heteroatoms. The third kappa shape index (κ3) is 3.03. The van der Waals surface area contributed by atoms with Crippen molar-refractivity contribution in [3.05, 3.63) is 28.5 Å². The molecule has 0 bridgehead atoms. The van der Waals surface area contributed by atoms with E-state index in [9.17, 15) is 5.11 Å². The zero-order valence-electron chi connectivity index (χ0n) is 9.43. The molecule has 2 atom stereocenters. The van der Waals surface area contributed by atoms with E-state index in [0.29, 0.717) is 5.92 Å². The van der Waals surface area contributed by atoms with Gasteiger partial charge in [0.2, 0.25) is 0 Å². The molecular formula is C12H17BrN2O. The van der Waals surface area contributed by atoms with E-state index in [0.717, 1.165) is 36.2 Å². The molecule has 2 heterocycles. The third-order valence-electron chi connectivity index (χ3n) is 3.18. The van der Waals surface area contributed by atoms with Gasteiger partial charge < -0.3 is 5.11 Å². The Morgan fingerprint density at radius 2 is 2.38 bits per heavy atom. The van der Waals surface area contributed by atoms with Crippen LogP contribution < -0.4 is 0 Å². The highest BCUT2D eigenvalue weighted by Crippen LogP contribution is 2.18. The molecule has 1 aliphatic rings. The zero-order valence-corrected chi connectivity index (χ0v) is 11.0. The standard InChI is InChI=1S/C12H17BrN2O/c1-9-4-5-15(8-12(9)16)7-11-3-2-10(13)6-14-11/h2-3,6,9,12,16H,4-5,7-8H2,1H3. The van der Waals surface area contributed by atoms with E-state index >= 15 is 0 Å². The number of hydrogen-bond acceptors (Lipinski definition) is 3. The lowest BCUT2D eigenvalue weighted by Crippen LogP contribution is -2.42. The average molecular weight is 285 g/mol. The lowest BCUT2D eigenvalue weighted by molar-refractivity contribution is 0.0254. The Balaban J connectivity index is 1.93. The van der Waals surface area contributed by atoms with Crippen LogP contribution in [0.2, 0.25) is 0 Å². The van der Waals surface area contributed by atoms with Crippen molar-refractivity contribution in [2.45, 2.75) is 26.0 Å². The summed E-state index contributed by atoms with van der Waals surface area (Å²) < 4.78 is 1.00. The first-order valence-electron chi connectivity index (χ1n) is 5.66. The van der Waals surface area contributed by atoms with Crippen LogP contribution in [0.5, 0.6) is 0 Å². The molecule has 2 unspecified atom stereocenters. The normalized spacial score (nSPS) is 26.9. The number of nitrogens with zero attached hydrogens (tertiary/aromatic N) is 2. The van der Waals surface area contributed by atoms with Crippen LogP contribution in [0.1, 0.15) is 19.0 Å². The van der Waals surface area contributed by atoms with Gasteiger partial charge in [-0.25, -0.2) is 0 Å². The molecule has 0 saturated carbocycles. The molecule has 1 aromatic rings. The summed E-state index contributed by atoms with van der Waals surface area (Å²) >= 11 is 3.37. The van der Waals surface area contributed by atoms with E-state index in [1.165, 1.54) is 0 Å². The number of aliphatic hydroxyl groups is 1. The van der Waals surface area contributed by atoms with Gasteiger partial charge in [0.25, 0.3) is 0 Å². The molecule has 88 valence electrons. The van der Waals surface area contributed by atoms with E-state index in [1.807, 2.05) is 18.3 Å². The van der Waals surface area contributed by atoms with Crippen LogP contribution in [0.3, 0.4) is 0 Å². The lowest BCUT2D eigenvalue weighted by Gasteiger charge is -2.33. The highest BCUT2D eigenvalue weighted by Gasteiger charge is 2.24. The first kappa shape index (κ1) is 12.0. The fourth-order valence-corrected chi connectivity index (χ4v) is 2.22. The minimum Gasteiger partial charge on any atom is -0.392 e. The maximum Gasteiger partial charge on any atom is 0.0693 e. The number of piperidine rings is 1. The molecule has 0 aromatic carbocycles. The number of halogens is 1. The molecular weight excluding hydrogens is 268 g/mol. The van der Waals surface area contributed by atoms with Gasteiger partial charge in [-0.3, -0.25) is 9.88 Å². The topological polar surface area (TPSA) is 36.4 Å². The van der Waals surface area contributed by atoms with Gasteiger partial charge in [-0.2, -0.15) is 0 Å². The van der Waals surface area contributed by atoms with Crippen LogP contribution in [0.4, 0.5) is 0 Å². The SMILES string of the molecule is CC1CCN(Cc2ccc(Br)cn2)CC1O. The third-order valence-corrected chi connectivity index (χ3v) is 3.65. The van der Waals surface area contributed by atoms with Gasteiger partial charge in [-0.15, -0.1) is 0 Å². The van der Waals surface area contributed by atoms with Gasteiger partial charge >= 0.3 is 0 Å². The lowest BCUT2D eigenvalue weighted by atomic mass is 9.96. The van der Waals surface area contributed by atoms with Crippen LogP contribution >= 0.6 is 15.9 Å². The Bertz CT molecular complexity index is 341. The number of aromatic nitrogens is 1. The van der Waals surface area contributed by atoms with E-state index in [4.69, 9.17) is 0 Å². The summed E-state index contributed by atoms with van der Waals surface area (Å²) in [5, 5.41) is 9.80. The number of hydrogen-bond donors (Lipinski definition) is 1. The van der Waals surface area contributed by atoms with Gasteiger partial charge in [0, 0.05) is 23.8 Å². The van der Waals surface area contributed by atoms with Crippen LogP contribution in [0, 0.1) is 5.92 Å². The molecule has 1 N–H and O–H groups in total. The minimum atomic E-state index is -0.191. The number of pyridine rings is 1. The largest absolute Gasteiger partial charge is 0.392 e. The molecule has 1 aromatic heterocycles. The Labute approximate surface area is 105 Å². The highest BCUT2D eigenvalue weighted by molar-refractivity contribution is 9.10.